The zero-order valence-electron chi connectivity index (χ0n) is 15.6. The minimum Gasteiger partial charge on any atom is -0.496 e. The van der Waals surface area contributed by atoms with Gasteiger partial charge in [0.1, 0.15) is 17.6 Å². The maximum atomic E-state index is 11.5. The molecule has 1 saturated heterocycles. The molecule has 2 rings (SSSR count). The molecule has 1 aliphatic rings. The lowest BCUT2D eigenvalue weighted by Crippen LogP contribution is -2.47. The Bertz CT molecular complexity index is 562. The number of esters is 1. The molecule has 1 aromatic rings. The number of hydrogen-bond acceptors (Lipinski definition) is 5. The molecule has 5 heteroatoms. The van der Waals surface area contributed by atoms with Gasteiger partial charge in [-0.3, -0.25) is 4.79 Å². The van der Waals surface area contributed by atoms with E-state index in [-0.39, 0.29) is 24.0 Å². The zero-order valence-corrected chi connectivity index (χ0v) is 15.6. The third kappa shape index (κ3) is 3.66. The van der Waals surface area contributed by atoms with E-state index in [4.69, 9.17) is 14.2 Å². The summed E-state index contributed by atoms with van der Waals surface area (Å²) in [5.41, 5.74) is 2.15. The fourth-order valence-corrected chi connectivity index (χ4v) is 3.68. The van der Waals surface area contributed by atoms with Crippen LogP contribution in [-0.2, 0) is 16.0 Å². The Hall–Kier alpha value is -1.75. The highest BCUT2D eigenvalue weighted by atomic mass is 16.5. The summed E-state index contributed by atoms with van der Waals surface area (Å²) < 4.78 is 16.8. The third-order valence-electron chi connectivity index (χ3n) is 5.07. The average molecular weight is 335 g/mol. The fraction of sp³-hybridized carbons (Fsp3) is 0.632. The van der Waals surface area contributed by atoms with Crippen LogP contribution in [0.15, 0.2) is 12.1 Å². The number of likely N-dealkylation sites (tertiary alicyclic amines) is 1. The molecule has 1 aliphatic heterocycles. The van der Waals surface area contributed by atoms with Crippen molar-refractivity contribution in [2.75, 3.05) is 27.8 Å². The molecule has 1 fully saturated rings. The number of methoxy groups -OCH3 is 2. The molecule has 0 N–H and O–H groups in total. The van der Waals surface area contributed by atoms with Crippen molar-refractivity contribution in [2.24, 2.45) is 0 Å². The zero-order chi connectivity index (χ0) is 17.9. The minimum atomic E-state index is -0.231. The van der Waals surface area contributed by atoms with Crippen molar-refractivity contribution in [2.45, 2.75) is 51.7 Å². The summed E-state index contributed by atoms with van der Waals surface area (Å²) in [4.78, 5) is 13.8. The van der Waals surface area contributed by atoms with E-state index >= 15 is 0 Å². The Balaban J connectivity index is 2.49. The van der Waals surface area contributed by atoms with E-state index in [0.717, 1.165) is 42.0 Å². The molecule has 0 aromatic heterocycles. The first-order valence-corrected chi connectivity index (χ1v) is 8.55. The summed E-state index contributed by atoms with van der Waals surface area (Å²) >= 11 is 0. The molecule has 0 aliphatic carbocycles. The van der Waals surface area contributed by atoms with E-state index in [1.54, 1.807) is 14.2 Å². The second kappa shape index (κ2) is 7.88. The van der Waals surface area contributed by atoms with E-state index in [1.807, 2.05) is 0 Å². The Morgan fingerprint density at radius 3 is 2.29 bits per heavy atom. The number of likely N-dealkylation sites (N-methyl/N-ethyl adjacent to an activating group) is 1. The van der Waals surface area contributed by atoms with Crippen LogP contribution in [0.3, 0.4) is 0 Å². The quantitative estimate of drug-likeness (QED) is 0.774. The van der Waals surface area contributed by atoms with Gasteiger partial charge in [-0.05, 0) is 44.5 Å². The summed E-state index contributed by atoms with van der Waals surface area (Å²) in [5.74, 6) is 1.51. The molecule has 0 saturated carbocycles. The number of piperidine rings is 1. The highest BCUT2D eigenvalue weighted by Crippen LogP contribution is 2.40. The monoisotopic (exact) mass is 335 g/mol. The molecule has 134 valence electrons. The van der Waals surface area contributed by atoms with Gasteiger partial charge in [-0.2, -0.15) is 0 Å². The third-order valence-corrected chi connectivity index (χ3v) is 5.07. The van der Waals surface area contributed by atoms with Crippen molar-refractivity contribution >= 4 is 5.97 Å². The molecule has 0 bridgehead atoms. The van der Waals surface area contributed by atoms with Crippen LogP contribution in [0.2, 0.25) is 0 Å². The number of nitrogens with zero attached hydrogens (tertiary/aromatic N) is 1. The number of hydrogen-bond donors (Lipinski definition) is 0. The van der Waals surface area contributed by atoms with E-state index in [1.165, 1.54) is 6.92 Å². The van der Waals surface area contributed by atoms with Crippen molar-refractivity contribution in [1.82, 2.24) is 4.90 Å². The first-order chi connectivity index (χ1) is 11.4. The molecule has 0 amide bonds. The van der Waals surface area contributed by atoms with Gasteiger partial charge in [-0.25, -0.2) is 0 Å². The molecule has 3 unspecified atom stereocenters. The van der Waals surface area contributed by atoms with Crippen LogP contribution >= 0.6 is 0 Å². The van der Waals surface area contributed by atoms with E-state index in [2.05, 4.69) is 37.9 Å². The molecule has 0 spiro atoms. The lowest BCUT2D eigenvalue weighted by Gasteiger charge is -2.42. The smallest absolute Gasteiger partial charge is 0.302 e. The lowest BCUT2D eigenvalue weighted by atomic mass is 9.81. The van der Waals surface area contributed by atoms with Gasteiger partial charge >= 0.3 is 5.97 Å². The van der Waals surface area contributed by atoms with Gasteiger partial charge in [-0.15, -0.1) is 0 Å². The maximum Gasteiger partial charge on any atom is 0.302 e. The molecule has 0 radical (unpaired) electrons. The maximum absolute atomic E-state index is 11.5. The SMILES string of the molecule is CCc1c(OC)cc(C2C(OC(C)=O)CCN(C)C2C)cc1OC. The van der Waals surface area contributed by atoms with Crippen molar-refractivity contribution in [3.8, 4) is 11.5 Å². The van der Waals surface area contributed by atoms with Gasteiger partial charge in [0, 0.05) is 31.0 Å². The fourth-order valence-electron chi connectivity index (χ4n) is 3.68. The lowest BCUT2D eigenvalue weighted by molar-refractivity contribution is -0.150. The summed E-state index contributed by atoms with van der Waals surface area (Å²) in [6.45, 7) is 6.64. The second-order valence-corrected chi connectivity index (χ2v) is 6.44. The molecule has 5 nitrogen and oxygen atoms in total. The average Bonchev–Trinajstić information content (AvgIpc) is 2.56. The topological polar surface area (TPSA) is 48.0 Å². The first-order valence-electron chi connectivity index (χ1n) is 8.55. The summed E-state index contributed by atoms with van der Waals surface area (Å²) in [7, 11) is 5.46. The largest absolute Gasteiger partial charge is 0.496 e. The summed E-state index contributed by atoms with van der Waals surface area (Å²) in [6.07, 6.45) is 1.53. The van der Waals surface area contributed by atoms with Crippen LogP contribution in [0.5, 0.6) is 11.5 Å². The van der Waals surface area contributed by atoms with Crippen LogP contribution in [0, 0.1) is 0 Å². The van der Waals surface area contributed by atoms with Crippen LogP contribution < -0.4 is 9.47 Å². The number of carbonyl (C=O) groups is 1. The highest BCUT2D eigenvalue weighted by molar-refractivity contribution is 5.66. The summed E-state index contributed by atoms with van der Waals surface area (Å²) in [5, 5.41) is 0. The van der Waals surface area contributed by atoms with Crippen LogP contribution in [0.1, 0.15) is 44.2 Å². The molecule has 1 aromatic carbocycles. The van der Waals surface area contributed by atoms with Gasteiger partial charge in [0.25, 0.3) is 0 Å². The molecular formula is C19H29NO4. The molecule has 3 atom stereocenters. The predicted octanol–water partition coefficient (Wildman–Crippen LogP) is 3.01. The Labute approximate surface area is 144 Å². The minimum absolute atomic E-state index is 0.0846. The number of ether oxygens (including phenoxy) is 3. The van der Waals surface area contributed by atoms with E-state index in [0.29, 0.717) is 0 Å². The van der Waals surface area contributed by atoms with Crippen LogP contribution in [0.4, 0.5) is 0 Å². The predicted molar refractivity (Wildman–Crippen MR) is 93.9 cm³/mol. The number of carbonyl (C=O) groups excluding carboxylic acids is 1. The molecular weight excluding hydrogens is 306 g/mol. The van der Waals surface area contributed by atoms with Crippen molar-refractivity contribution in [1.29, 1.82) is 0 Å². The molecule has 1 heterocycles. The van der Waals surface area contributed by atoms with Crippen molar-refractivity contribution < 1.29 is 19.0 Å². The Morgan fingerprint density at radius 2 is 1.83 bits per heavy atom. The van der Waals surface area contributed by atoms with E-state index < -0.39 is 0 Å². The second-order valence-electron chi connectivity index (χ2n) is 6.44. The van der Waals surface area contributed by atoms with Crippen molar-refractivity contribution in [3.63, 3.8) is 0 Å². The number of rotatable bonds is 5. The summed E-state index contributed by atoms with van der Waals surface area (Å²) in [6, 6.07) is 4.39. The Kier molecular flexibility index (Phi) is 6.10. The van der Waals surface area contributed by atoms with Gasteiger partial charge in [-0.1, -0.05) is 6.92 Å². The van der Waals surface area contributed by atoms with Gasteiger partial charge in [0.05, 0.1) is 14.2 Å². The first kappa shape index (κ1) is 18.6. The van der Waals surface area contributed by atoms with Crippen LogP contribution in [-0.4, -0.2) is 50.8 Å². The Morgan fingerprint density at radius 1 is 1.25 bits per heavy atom. The van der Waals surface area contributed by atoms with Gasteiger partial charge in [0.15, 0.2) is 0 Å². The van der Waals surface area contributed by atoms with Gasteiger partial charge < -0.3 is 19.1 Å². The standard InChI is InChI=1S/C19H29NO4/c1-7-15-17(22-5)10-14(11-18(15)23-6)19-12(2)20(4)9-8-16(19)24-13(3)21/h10-12,16,19H,7-9H2,1-6H3. The normalized spacial score (nSPS) is 24.5. The van der Waals surface area contributed by atoms with Crippen LogP contribution in [0.25, 0.3) is 0 Å². The van der Waals surface area contributed by atoms with Crippen molar-refractivity contribution in [3.05, 3.63) is 23.3 Å². The molecule has 24 heavy (non-hydrogen) atoms. The highest BCUT2D eigenvalue weighted by Gasteiger charge is 2.37. The number of benzene rings is 1. The van der Waals surface area contributed by atoms with Gasteiger partial charge in [0.2, 0.25) is 0 Å². The van der Waals surface area contributed by atoms with E-state index in [9.17, 15) is 4.79 Å².